The Labute approximate surface area is 78.1 Å². The van der Waals surface area contributed by atoms with Crippen molar-refractivity contribution >= 4 is 41.2 Å². The summed E-state index contributed by atoms with van der Waals surface area (Å²) < 4.78 is 0. The number of halogens is 1. The number of carbonyl (C=O) groups excluding carboxylic acids is 1. The highest BCUT2D eigenvalue weighted by Crippen LogP contribution is 2.18. The molecular formula is C6H3ClN5O. The van der Waals surface area contributed by atoms with E-state index in [1.807, 2.05) is 0 Å². The minimum absolute atomic E-state index is 0.119. The molecule has 0 saturated heterocycles. The maximum atomic E-state index is 10.1. The van der Waals surface area contributed by atoms with Gasteiger partial charge in [0.2, 0.25) is 12.4 Å². The van der Waals surface area contributed by atoms with Gasteiger partial charge in [0.1, 0.15) is 12.1 Å². The van der Waals surface area contributed by atoms with Crippen LogP contribution in [0, 0.1) is 6.17 Å². The number of hydrogen-bond donors (Lipinski definition) is 1. The second-order valence-electron chi connectivity index (χ2n) is 2.15. The lowest BCUT2D eigenvalue weighted by molar-refractivity contribution is -0.108. The lowest BCUT2D eigenvalue weighted by atomic mass is 10.3. The molecule has 2 aliphatic rings. The van der Waals surface area contributed by atoms with Gasteiger partial charge in [0.05, 0.1) is 0 Å². The van der Waals surface area contributed by atoms with Crippen LogP contribution < -0.4 is 5.32 Å². The van der Waals surface area contributed by atoms with Crippen molar-refractivity contribution in [2.75, 3.05) is 0 Å². The van der Waals surface area contributed by atoms with Gasteiger partial charge >= 0.3 is 0 Å². The molecule has 7 heteroatoms. The Morgan fingerprint density at radius 3 is 3.08 bits per heavy atom. The molecule has 0 saturated carbocycles. The summed E-state index contributed by atoms with van der Waals surface area (Å²) in [6, 6.07) is 0. The third-order valence-electron chi connectivity index (χ3n) is 1.38. The van der Waals surface area contributed by atoms with Gasteiger partial charge in [0.15, 0.2) is 5.17 Å². The van der Waals surface area contributed by atoms with Crippen molar-refractivity contribution in [3.8, 4) is 0 Å². The average molecular weight is 197 g/mol. The molecule has 0 atom stereocenters. The molecule has 2 rings (SSSR count). The van der Waals surface area contributed by atoms with Crippen molar-refractivity contribution in [1.29, 1.82) is 0 Å². The molecule has 0 bridgehead atoms. The Morgan fingerprint density at radius 1 is 1.46 bits per heavy atom. The van der Waals surface area contributed by atoms with Crippen LogP contribution in [0.2, 0.25) is 0 Å². The number of fused-ring (bicyclic) bond motifs is 1. The van der Waals surface area contributed by atoms with Gasteiger partial charge in [0.25, 0.3) is 6.17 Å². The smallest absolute Gasteiger partial charge is 0.252 e. The van der Waals surface area contributed by atoms with Crippen LogP contribution in [-0.4, -0.2) is 29.6 Å². The van der Waals surface area contributed by atoms with Gasteiger partial charge in [-0.1, -0.05) is 11.6 Å². The molecule has 2 heterocycles. The normalized spacial score (nSPS) is 20.2. The maximum absolute atomic E-state index is 10.1. The first-order valence-corrected chi connectivity index (χ1v) is 3.70. The number of amides is 1. The molecule has 0 unspecified atom stereocenters. The number of nitrogens with one attached hydrogen (secondary N) is 1. The van der Waals surface area contributed by atoms with Gasteiger partial charge in [-0.15, -0.1) is 0 Å². The summed E-state index contributed by atoms with van der Waals surface area (Å²) in [5.74, 6) is 0.119. The van der Waals surface area contributed by atoms with E-state index in [9.17, 15) is 4.79 Å². The predicted octanol–water partition coefficient (Wildman–Crippen LogP) is -0.288. The van der Waals surface area contributed by atoms with Gasteiger partial charge in [-0.25, -0.2) is 15.0 Å². The highest BCUT2D eigenvalue weighted by atomic mass is 35.5. The van der Waals surface area contributed by atoms with Crippen molar-refractivity contribution < 1.29 is 4.79 Å². The second kappa shape index (κ2) is 3.06. The van der Waals surface area contributed by atoms with Gasteiger partial charge in [-0.05, 0) is 0 Å². The minimum Gasteiger partial charge on any atom is -0.297 e. The molecular weight excluding hydrogens is 194 g/mol. The minimum atomic E-state index is 0.119. The molecule has 0 aromatic carbocycles. The largest absolute Gasteiger partial charge is 0.297 e. The molecule has 6 nitrogen and oxygen atoms in total. The highest BCUT2D eigenvalue weighted by Gasteiger charge is 2.27. The van der Waals surface area contributed by atoms with Crippen LogP contribution in [0.4, 0.5) is 0 Å². The van der Waals surface area contributed by atoms with E-state index in [-0.39, 0.29) is 11.1 Å². The van der Waals surface area contributed by atoms with Crippen molar-refractivity contribution in [2.45, 2.75) is 0 Å². The predicted molar refractivity (Wildman–Crippen MR) is 49.1 cm³/mol. The molecule has 0 spiro atoms. The Hall–Kier alpha value is -1.56. The van der Waals surface area contributed by atoms with E-state index >= 15 is 0 Å². The lowest BCUT2D eigenvalue weighted by Crippen LogP contribution is -2.28. The van der Waals surface area contributed by atoms with E-state index in [0.717, 1.165) is 0 Å². The summed E-state index contributed by atoms with van der Waals surface area (Å²) in [5, 5.41) is 2.45. The fourth-order valence-electron chi connectivity index (χ4n) is 0.876. The fourth-order valence-corrected chi connectivity index (χ4v) is 1.09. The Morgan fingerprint density at radius 2 is 2.31 bits per heavy atom. The zero-order valence-electron chi connectivity index (χ0n) is 6.23. The number of rotatable bonds is 1. The van der Waals surface area contributed by atoms with E-state index in [4.69, 9.17) is 11.6 Å². The van der Waals surface area contributed by atoms with E-state index in [1.54, 1.807) is 0 Å². The van der Waals surface area contributed by atoms with Crippen LogP contribution in [0.5, 0.6) is 0 Å². The molecule has 65 valence electrons. The summed E-state index contributed by atoms with van der Waals surface area (Å²) in [5.41, 5.74) is 0.429. The molecule has 1 amide bonds. The van der Waals surface area contributed by atoms with Crippen LogP contribution in [-0.2, 0) is 4.79 Å². The number of aliphatic imine (C=N–C) groups is 4. The van der Waals surface area contributed by atoms with E-state index in [1.165, 1.54) is 6.34 Å². The van der Waals surface area contributed by atoms with Crippen molar-refractivity contribution in [2.24, 2.45) is 20.0 Å². The lowest BCUT2D eigenvalue weighted by Gasteiger charge is -2.10. The molecule has 0 aliphatic carbocycles. The van der Waals surface area contributed by atoms with Crippen LogP contribution in [0.3, 0.4) is 0 Å². The number of hydrogen-bond acceptors (Lipinski definition) is 5. The molecule has 0 fully saturated rings. The first kappa shape index (κ1) is 8.06. The zero-order valence-corrected chi connectivity index (χ0v) is 6.99. The fraction of sp³-hybridized carbons (Fsp3) is 0. The molecule has 1 radical (unpaired) electrons. The van der Waals surface area contributed by atoms with Crippen LogP contribution in [0.15, 0.2) is 20.0 Å². The van der Waals surface area contributed by atoms with Crippen molar-refractivity contribution in [3.05, 3.63) is 6.17 Å². The van der Waals surface area contributed by atoms with E-state index < -0.39 is 0 Å². The first-order valence-electron chi connectivity index (χ1n) is 3.32. The van der Waals surface area contributed by atoms with Crippen molar-refractivity contribution in [1.82, 2.24) is 5.32 Å². The maximum Gasteiger partial charge on any atom is 0.252 e. The van der Waals surface area contributed by atoms with Crippen LogP contribution in [0.25, 0.3) is 0 Å². The average Bonchev–Trinajstić information content (AvgIpc) is 2.53. The molecule has 0 aromatic rings. The Bertz CT molecular complexity index is 369. The first-order chi connectivity index (χ1) is 6.31. The second-order valence-corrected chi connectivity index (χ2v) is 2.50. The molecule has 0 aromatic heterocycles. The van der Waals surface area contributed by atoms with Gasteiger partial charge in [-0.3, -0.25) is 10.1 Å². The van der Waals surface area contributed by atoms with Crippen LogP contribution >= 0.6 is 11.6 Å². The highest BCUT2D eigenvalue weighted by molar-refractivity contribution is 6.86. The standard InChI is InChI=1S/C6H3ClN5O/c7-4-3-5(9-1-8-3)12-6(11-4)10-2-13/h1-2H,(H,10,12,13). The van der Waals surface area contributed by atoms with E-state index in [0.29, 0.717) is 18.3 Å². The summed E-state index contributed by atoms with van der Waals surface area (Å²) in [7, 11) is 0. The topological polar surface area (TPSA) is 78.5 Å². The van der Waals surface area contributed by atoms with Gasteiger partial charge in [-0.2, -0.15) is 4.99 Å². The quantitative estimate of drug-likeness (QED) is 0.575. The Balaban J connectivity index is 2.31. The third kappa shape index (κ3) is 1.35. The zero-order chi connectivity index (χ0) is 9.26. The SMILES string of the molecule is O=CNC1=N[C]2N=CN=C2C(Cl)=N1. The number of nitrogens with zero attached hydrogens (tertiary/aromatic N) is 4. The summed E-state index contributed by atoms with van der Waals surface area (Å²) in [6.45, 7) is 0. The Kier molecular flexibility index (Phi) is 1.90. The molecule has 1 N–H and O–H groups in total. The third-order valence-corrected chi connectivity index (χ3v) is 1.64. The van der Waals surface area contributed by atoms with Gasteiger partial charge in [0, 0.05) is 0 Å². The van der Waals surface area contributed by atoms with Crippen molar-refractivity contribution in [3.63, 3.8) is 0 Å². The summed E-state index contributed by atoms with van der Waals surface area (Å²) in [4.78, 5) is 25.4. The van der Waals surface area contributed by atoms with E-state index in [2.05, 4.69) is 25.3 Å². The number of guanidine groups is 1. The van der Waals surface area contributed by atoms with Crippen LogP contribution in [0.1, 0.15) is 0 Å². The summed E-state index contributed by atoms with van der Waals surface area (Å²) >= 11 is 5.73. The molecule has 13 heavy (non-hydrogen) atoms. The van der Waals surface area contributed by atoms with Gasteiger partial charge < -0.3 is 0 Å². The molecule has 2 aliphatic heterocycles. The number of carbonyl (C=O) groups is 1. The summed E-state index contributed by atoms with van der Waals surface area (Å²) in [6.07, 6.45) is 2.16. The monoisotopic (exact) mass is 196 g/mol.